The number of carboxylic acids is 1. The van der Waals surface area contributed by atoms with E-state index in [0.717, 1.165) is 28.7 Å². The van der Waals surface area contributed by atoms with Crippen LogP contribution in [0, 0.1) is 11.3 Å². The van der Waals surface area contributed by atoms with Crippen molar-refractivity contribution in [3.05, 3.63) is 59.7 Å². The topological polar surface area (TPSA) is 95.9 Å². The van der Waals surface area contributed by atoms with E-state index in [0.29, 0.717) is 13.0 Å². The van der Waals surface area contributed by atoms with Crippen molar-refractivity contribution in [3.63, 3.8) is 0 Å². The number of alkyl carbamates (subject to hydrolysis) is 1. The van der Waals surface area contributed by atoms with E-state index in [2.05, 4.69) is 17.4 Å². The molecule has 1 aliphatic carbocycles. The van der Waals surface area contributed by atoms with Crippen LogP contribution in [0.5, 0.6) is 0 Å². The molecule has 7 heteroatoms. The van der Waals surface area contributed by atoms with Crippen molar-refractivity contribution in [2.24, 2.45) is 11.3 Å². The summed E-state index contributed by atoms with van der Waals surface area (Å²) in [5.74, 6) is -1.26. The van der Waals surface area contributed by atoms with Crippen molar-refractivity contribution in [2.45, 2.75) is 58.5 Å². The largest absolute Gasteiger partial charge is 0.480 e. The first-order chi connectivity index (χ1) is 16.6. The number of likely N-dealkylation sites (tertiary alicyclic amines) is 1. The second kappa shape index (κ2) is 9.72. The Kier molecular flexibility index (Phi) is 6.88. The Morgan fingerprint density at radius 3 is 2.17 bits per heavy atom. The quantitative estimate of drug-likeness (QED) is 0.652. The molecule has 186 valence electrons. The number of amides is 2. The number of hydrogen-bond donors (Lipinski definition) is 2. The molecular weight excluding hydrogens is 444 g/mol. The molecule has 1 heterocycles. The Morgan fingerprint density at radius 1 is 1.06 bits per heavy atom. The molecule has 1 saturated heterocycles. The predicted octanol–water partition coefficient (Wildman–Crippen LogP) is 4.65. The van der Waals surface area contributed by atoms with Crippen molar-refractivity contribution in [1.82, 2.24) is 10.2 Å². The SMILES string of the molecule is CC1CCN(C(=O)[C@H](NC(=O)OCC2c3ccccc3-c3ccccc32)C(C)(C)C)C(C(=O)O)C1. The minimum absolute atomic E-state index is 0.0862. The Balaban J connectivity index is 1.47. The molecule has 0 aromatic heterocycles. The molecule has 0 bridgehead atoms. The summed E-state index contributed by atoms with van der Waals surface area (Å²) in [5.41, 5.74) is 3.86. The number of rotatable bonds is 5. The van der Waals surface area contributed by atoms with Crippen LogP contribution in [0.3, 0.4) is 0 Å². The molecule has 1 aliphatic heterocycles. The fourth-order valence-corrected chi connectivity index (χ4v) is 5.21. The van der Waals surface area contributed by atoms with Gasteiger partial charge in [-0.1, -0.05) is 76.2 Å². The van der Waals surface area contributed by atoms with Crippen LogP contribution < -0.4 is 5.32 Å². The van der Waals surface area contributed by atoms with Gasteiger partial charge in [0.1, 0.15) is 18.7 Å². The highest BCUT2D eigenvalue weighted by molar-refractivity contribution is 5.90. The minimum atomic E-state index is -1.02. The highest BCUT2D eigenvalue weighted by Gasteiger charge is 2.42. The van der Waals surface area contributed by atoms with Gasteiger partial charge in [-0.05, 0) is 46.4 Å². The van der Waals surface area contributed by atoms with Crippen molar-refractivity contribution < 1.29 is 24.2 Å². The van der Waals surface area contributed by atoms with Gasteiger partial charge in [0.15, 0.2) is 0 Å². The van der Waals surface area contributed by atoms with Crippen molar-refractivity contribution >= 4 is 18.0 Å². The number of nitrogens with one attached hydrogen (secondary N) is 1. The van der Waals surface area contributed by atoms with Gasteiger partial charge in [0.05, 0.1) is 0 Å². The fraction of sp³-hybridized carbons (Fsp3) is 0.464. The molecule has 35 heavy (non-hydrogen) atoms. The second-order valence-electron chi connectivity index (χ2n) is 10.8. The Morgan fingerprint density at radius 2 is 1.63 bits per heavy atom. The van der Waals surface area contributed by atoms with Gasteiger partial charge in [-0.25, -0.2) is 9.59 Å². The first-order valence-corrected chi connectivity index (χ1v) is 12.2. The van der Waals surface area contributed by atoms with Gasteiger partial charge in [-0.2, -0.15) is 0 Å². The van der Waals surface area contributed by atoms with Crippen molar-refractivity contribution in [3.8, 4) is 11.1 Å². The number of aliphatic carboxylic acids is 1. The Labute approximate surface area is 206 Å². The number of ether oxygens (including phenoxy) is 1. The van der Waals surface area contributed by atoms with E-state index in [1.54, 1.807) is 0 Å². The molecule has 2 aromatic carbocycles. The lowest BCUT2D eigenvalue weighted by Crippen LogP contribution is -2.60. The first-order valence-electron chi connectivity index (χ1n) is 12.2. The highest BCUT2D eigenvalue weighted by Crippen LogP contribution is 2.44. The van der Waals surface area contributed by atoms with E-state index >= 15 is 0 Å². The van der Waals surface area contributed by atoms with Gasteiger partial charge in [-0.3, -0.25) is 4.79 Å². The van der Waals surface area contributed by atoms with E-state index < -0.39 is 29.6 Å². The van der Waals surface area contributed by atoms with Crippen LogP contribution in [0.4, 0.5) is 4.79 Å². The van der Waals surface area contributed by atoms with E-state index in [9.17, 15) is 19.5 Å². The molecule has 2 aromatic rings. The third-order valence-electron chi connectivity index (χ3n) is 7.15. The average molecular weight is 479 g/mol. The van der Waals surface area contributed by atoms with Crippen LogP contribution in [0.25, 0.3) is 11.1 Å². The maximum absolute atomic E-state index is 13.5. The molecule has 2 N–H and O–H groups in total. The predicted molar refractivity (Wildman–Crippen MR) is 133 cm³/mol. The molecule has 3 atom stereocenters. The van der Waals surface area contributed by atoms with Crippen molar-refractivity contribution in [2.75, 3.05) is 13.2 Å². The van der Waals surface area contributed by atoms with Gasteiger partial charge in [-0.15, -0.1) is 0 Å². The zero-order valence-electron chi connectivity index (χ0n) is 20.8. The van der Waals surface area contributed by atoms with Crippen LogP contribution in [-0.4, -0.2) is 53.2 Å². The molecule has 2 aliphatic rings. The van der Waals surface area contributed by atoms with E-state index in [1.165, 1.54) is 4.90 Å². The molecule has 2 unspecified atom stereocenters. The molecule has 0 saturated carbocycles. The summed E-state index contributed by atoms with van der Waals surface area (Å²) in [5, 5.41) is 12.5. The minimum Gasteiger partial charge on any atom is -0.480 e. The van der Waals surface area contributed by atoms with Crippen LogP contribution in [-0.2, 0) is 14.3 Å². The lowest BCUT2D eigenvalue weighted by Gasteiger charge is -2.40. The van der Waals surface area contributed by atoms with Gasteiger partial charge >= 0.3 is 12.1 Å². The van der Waals surface area contributed by atoms with Crippen LogP contribution in [0.15, 0.2) is 48.5 Å². The number of carbonyl (C=O) groups excluding carboxylic acids is 2. The standard InChI is InChI=1S/C28H34N2O5/c1-17-13-14-30(23(15-17)26(32)33)25(31)24(28(2,3)4)29-27(34)35-16-22-20-11-7-5-9-18(20)19-10-6-8-12-21(19)22/h5-12,17,22-24H,13-16H2,1-4H3,(H,29,34)(H,32,33)/t17?,23?,24-/m0/s1. The van der Waals surface area contributed by atoms with Gasteiger partial charge in [0.2, 0.25) is 5.91 Å². The molecule has 7 nitrogen and oxygen atoms in total. The maximum Gasteiger partial charge on any atom is 0.407 e. The monoisotopic (exact) mass is 478 g/mol. The zero-order valence-corrected chi connectivity index (χ0v) is 20.8. The number of hydrogen-bond acceptors (Lipinski definition) is 4. The summed E-state index contributed by atoms with van der Waals surface area (Å²) < 4.78 is 5.66. The smallest absolute Gasteiger partial charge is 0.407 e. The average Bonchev–Trinajstić information content (AvgIpc) is 3.13. The summed E-state index contributed by atoms with van der Waals surface area (Å²) in [4.78, 5) is 39.7. The summed E-state index contributed by atoms with van der Waals surface area (Å²) in [6, 6.07) is 14.4. The zero-order chi connectivity index (χ0) is 25.3. The fourth-order valence-electron chi connectivity index (χ4n) is 5.21. The van der Waals surface area contributed by atoms with E-state index in [4.69, 9.17) is 4.74 Å². The molecule has 4 rings (SSSR count). The van der Waals surface area contributed by atoms with Crippen LogP contribution in [0.1, 0.15) is 57.6 Å². The first kappa shape index (κ1) is 24.8. The Hall–Kier alpha value is -3.35. The van der Waals surface area contributed by atoms with Gasteiger partial charge in [0.25, 0.3) is 0 Å². The third kappa shape index (κ3) is 5.04. The molecule has 2 amide bonds. The number of benzene rings is 2. The lowest BCUT2D eigenvalue weighted by atomic mass is 9.84. The number of carboxylic acid groups (broad SMARTS) is 1. The van der Waals surface area contributed by atoms with Crippen LogP contribution >= 0.6 is 0 Å². The lowest BCUT2D eigenvalue weighted by molar-refractivity contribution is -0.155. The molecule has 0 radical (unpaired) electrons. The maximum atomic E-state index is 13.5. The Bertz CT molecular complexity index is 1080. The number of nitrogens with zero attached hydrogens (tertiary/aromatic N) is 1. The summed E-state index contributed by atoms with van der Waals surface area (Å²) >= 11 is 0. The number of piperidine rings is 1. The third-order valence-corrected chi connectivity index (χ3v) is 7.15. The van der Waals surface area contributed by atoms with Gasteiger partial charge in [0, 0.05) is 12.5 Å². The van der Waals surface area contributed by atoms with Crippen molar-refractivity contribution in [1.29, 1.82) is 0 Å². The molecule has 1 fully saturated rings. The molecular formula is C28H34N2O5. The number of carbonyl (C=O) groups is 3. The van der Waals surface area contributed by atoms with Gasteiger partial charge < -0.3 is 20.1 Å². The number of fused-ring (bicyclic) bond motifs is 3. The summed E-state index contributed by atoms with van der Waals surface area (Å²) in [7, 11) is 0. The molecule has 0 spiro atoms. The van der Waals surface area contributed by atoms with Crippen LogP contribution in [0.2, 0.25) is 0 Å². The normalized spacial score (nSPS) is 20.5. The second-order valence-corrected chi connectivity index (χ2v) is 10.8. The highest BCUT2D eigenvalue weighted by atomic mass is 16.5. The van der Waals surface area contributed by atoms with E-state index in [-0.39, 0.29) is 24.3 Å². The summed E-state index contributed by atoms with van der Waals surface area (Å²) in [6.07, 6.45) is 0.456. The summed E-state index contributed by atoms with van der Waals surface area (Å²) in [6.45, 7) is 8.04. The van der Waals surface area contributed by atoms with E-state index in [1.807, 2.05) is 64.1 Å².